The van der Waals surface area contributed by atoms with Crippen molar-refractivity contribution in [2.45, 2.75) is 44.6 Å². The van der Waals surface area contributed by atoms with Gasteiger partial charge in [0, 0.05) is 31.5 Å². The van der Waals surface area contributed by atoms with Crippen LogP contribution in [0.2, 0.25) is 0 Å². The number of imide groups is 2. The van der Waals surface area contributed by atoms with Gasteiger partial charge in [-0.1, -0.05) is 6.07 Å². The van der Waals surface area contributed by atoms with Crippen molar-refractivity contribution in [2.24, 2.45) is 0 Å². The van der Waals surface area contributed by atoms with Crippen LogP contribution in [0, 0.1) is 0 Å². The molecule has 0 aromatic heterocycles. The van der Waals surface area contributed by atoms with E-state index in [4.69, 9.17) is 43.0 Å². The van der Waals surface area contributed by atoms with E-state index in [0.29, 0.717) is 111 Å². The molecule has 1 aromatic carbocycles. The number of nitrogens with one attached hydrogen (secondary N) is 2. The minimum absolute atomic E-state index is 0.0464. The molecule has 1 saturated heterocycles. The molecular formula is C35H51N3O15. The number of aliphatic carboxylic acids is 1. The summed E-state index contributed by atoms with van der Waals surface area (Å²) in [5, 5.41) is 13.9. The Labute approximate surface area is 308 Å². The van der Waals surface area contributed by atoms with Crippen LogP contribution in [0.4, 0.5) is 5.69 Å². The number of piperidine rings is 1. The van der Waals surface area contributed by atoms with Crippen molar-refractivity contribution in [3.8, 4) is 0 Å². The predicted octanol–water partition coefficient (Wildman–Crippen LogP) is 0.804. The summed E-state index contributed by atoms with van der Waals surface area (Å²) in [4.78, 5) is 72.7. The zero-order valence-corrected chi connectivity index (χ0v) is 30.0. The van der Waals surface area contributed by atoms with E-state index in [-0.39, 0.29) is 56.0 Å². The quantitative estimate of drug-likeness (QED) is 0.0542. The highest BCUT2D eigenvalue weighted by molar-refractivity contribution is 6.25. The van der Waals surface area contributed by atoms with Crippen molar-refractivity contribution in [1.29, 1.82) is 0 Å². The number of rotatable bonds is 31. The minimum Gasteiger partial charge on any atom is -0.481 e. The molecule has 4 amide bonds. The van der Waals surface area contributed by atoms with Crippen molar-refractivity contribution in [3.63, 3.8) is 0 Å². The van der Waals surface area contributed by atoms with Gasteiger partial charge in [0.05, 0.1) is 104 Å². The lowest BCUT2D eigenvalue weighted by Crippen LogP contribution is -2.54. The first kappa shape index (κ1) is 43.4. The second-order valence-electron chi connectivity index (χ2n) is 11.7. The molecular weight excluding hydrogens is 702 g/mol. The van der Waals surface area contributed by atoms with E-state index in [0.717, 1.165) is 4.90 Å². The lowest BCUT2D eigenvalue weighted by atomic mass is 10.0. The number of esters is 1. The van der Waals surface area contributed by atoms with E-state index in [1.165, 1.54) is 0 Å². The van der Waals surface area contributed by atoms with Crippen LogP contribution in [-0.4, -0.2) is 157 Å². The summed E-state index contributed by atoms with van der Waals surface area (Å²) in [6.45, 7) is 5.92. The van der Waals surface area contributed by atoms with Crippen molar-refractivity contribution in [1.82, 2.24) is 10.2 Å². The summed E-state index contributed by atoms with van der Waals surface area (Å²) < 4.78 is 43.2. The zero-order chi connectivity index (χ0) is 38.1. The number of nitrogens with zero attached hydrogens (tertiary/aromatic N) is 1. The zero-order valence-electron chi connectivity index (χ0n) is 30.0. The number of hydrogen-bond acceptors (Lipinski definition) is 15. The van der Waals surface area contributed by atoms with Crippen LogP contribution in [0.15, 0.2) is 18.2 Å². The summed E-state index contributed by atoms with van der Waals surface area (Å²) in [6.07, 6.45) is 1.33. The van der Waals surface area contributed by atoms with Gasteiger partial charge in [-0.15, -0.1) is 0 Å². The molecule has 0 aliphatic carbocycles. The Hall–Kier alpha value is -4.04. The topological polar surface area (TPSA) is 224 Å². The molecule has 1 unspecified atom stereocenters. The second-order valence-corrected chi connectivity index (χ2v) is 11.7. The Morgan fingerprint density at radius 2 is 1.21 bits per heavy atom. The number of carbonyl (C=O) groups excluding carboxylic acids is 5. The van der Waals surface area contributed by atoms with Gasteiger partial charge in [0.25, 0.3) is 11.8 Å². The van der Waals surface area contributed by atoms with Crippen LogP contribution in [-0.2, 0) is 57.1 Å². The molecule has 53 heavy (non-hydrogen) atoms. The van der Waals surface area contributed by atoms with E-state index in [1.807, 2.05) is 0 Å². The summed E-state index contributed by atoms with van der Waals surface area (Å²) in [7, 11) is 0. The van der Waals surface area contributed by atoms with Crippen LogP contribution >= 0.6 is 0 Å². The SMILES string of the molecule is O=C(O)CCCCC(=O)OCCOCCOCCOCCOCCOCCOCCOCCNc1cccc2c1C(=O)N(C1CCC(=O)NC1=O)C2=O. The number of carboxylic acid groups (broad SMARTS) is 1. The lowest BCUT2D eigenvalue weighted by Gasteiger charge is -2.27. The van der Waals surface area contributed by atoms with Crippen LogP contribution in [0.25, 0.3) is 0 Å². The molecule has 0 bridgehead atoms. The number of ether oxygens (including phenoxy) is 8. The number of amides is 4. The van der Waals surface area contributed by atoms with E-state index >= 15 is 0 Å². The molecule has 2 aliphatic rings. The molecule has 296 valence electrons. The number of hydrogen-bond donors (Lipinski definition) is 3. The Morgan fingerprint density at radius 1 is 0.698 bits per heavy atom. The van der Waals surface area contributed by atoms with Crippen molar-refractivity contribution in [2.75, 3.05) is 111 Å². The first-order valence-corrected chi connectivity index (χ1v) is 17.8. The highest BCUT2D eigenvalue weighted by atomic mass is 16.6. The first-order valence-electron chi connectivity index (χ1n) is 17.8. The smallest absolute Gasteiger partial charge is 0.305 e. The summed E-state index contributed by atoms with van der Waals surface area (Å²) >= 11 is 0. The fourth-order valence-corrected chi connectivity index (χ4v) is 5.17. The van der Waals surface area contributed by atoms with Gasteiger partial charge in [0.15, 0.2) is 0 Å². The van der Waals surface area contributed by atoms with Gasteiger partial charge in [0.2, 0.25) is 11.8 Å². The van der Waals surface area contributed by atoms with Crippen molar-refractivity contribution in [3.05, 3.63) is 29.3 Å². The molecule has 1 fully saturated rings. The van der Waals surface area contributed by atoms with Crippen molar-refractivity contribution < 1.29 is 71.8 Å². The molecule has 0 spiro atoms. The fourth-order valence-electron chi connectivity index (χ4n) is 5.17. The maximum absolute atomic E-state index is 13.1. The summed E-state index contributed by atoms with van der Waals surface area (Å²) in [5.74, 6) is -3.44. The third kappa shape index (κ3) is 16.7. The molecule has 1 atom stereocenters. The summed E-state index contributed by atoms with van der Waals surface area (Å²) in [6, 6.07) is 3.87. The van der Waals surface area contributed by atoms with E-state index in [2.05, 4.69) is 10.6 Å². The van der Waals surface area contributed by atoms with E-state index < -0.39 is 35.6 Å². The largest absolute Gasteiger partial charge is 0.481 e. The number of fused-ring (bicyclic) bond motifs is 1. The minimum atomic E-state index is -1.02. The third-order valence-corrected chi connectivity index (χ3v) is 7.77. The Bertz CT molecular complexity index is 1330. The molecule has 0 saturated carbocycles. The van der Waals surface area contributed by atoms with Crippen LogP contribution in [0.3, 0.4) is 0 Å². The van der Waals surface area contributed by atoms with Gasteiger partial charge in [-0.25, -0.2) is 0 Å². The maximum Gasteiger partial charge on any atom is 0.305 e. The van der Waals surface area contributed by atoms with Gasteiger partial charge in [0.1, 0.15) is 12.6 Å². The molecule has 2 heterocycles. The number of anilines is 1. The average Bonchev–Trinajstić information content (AvgIpc) is 3.39. The standard InChI is InChI=1S/C35H51N3O15/c39-29-9-8-28(33(43)37-29)38-34(44)26-4-3-5-27(32(26)35(38)45)36-10-11-46-12-13-47-14-15-48-16-17-49-18-19-50-20-21-51-22-23-52-24-25-53-31(42)7-2-1-6-30(40)41/h3-5,28,36H,1-2,6-25H2,(H,40,41)(H,37,39,43). The Morgan fingerprint density at radius 3 is 1.74 bits per heavy atom. The normalized spacial score (nSPS) is 15.5. The molecule has 1 aromatic rings. The van der Waals surface area contributed by atoms with Crippen LogP contribution < -0.4 is 10.6 Å². The molecule has 3 N–H and O–H groups in total. The molecule has 18 heteroatoms. The van der Waals surface area contributed by atoms with Gasteiger partial charge in [-0.05, 0) is 31.4 Å². The Balaban J connectivity index is 1.04. The monoisotopic (exact) mass is 753 g/mol. The van der Waals surface area contributed by atoms with E-state index in [9.17, 15) is 28.8 Å². The van der Waals surface area contributed by atoms with Crippen LogP contribution in [0.1, 0.15) is 59.2 Å². The maximum atomic E-state index is 13.1. The Kier molecular flexibility index (Phi) is 21.2. The summed E-state index contributed by atoms with van der Waals surface area (Å²) in [5.41, 5.74) is 0.878. The fraction of sp³-hybridized carbons (Fsp3) is 0.657. The van der Waals surface area contributed by atoms with E-state index in [1.54, 1.807) is 18.2 Å². The third-order valence-electron chi connectivity index (χ3n) is 7.77. The average molecular weight is 754 g/mol. The lowest BCUT2D eigenvalue weighted by molar-refractivity contribution is -0.146. The van der Waals surface area contributed by atoms with Crippen LogP contribution in [0.5, 0.6) is 0 Å². The highest BCUT2D eigenvalue weighted by Gasteiger charge is 2.45. The molecule has 18 nitrogen and oxygen atoms in total. The number of carboxylic acids is 1. The van der Waals surface area contributed by atoms with Gasteiger partial charge in [-0.2, -0.15) is 0 Å². The molecule has 3 rings (SSSR count). The molecule has 0 radical (unpaired) electrons. The second kappa shape index (κ2) is 25.9. The van der Waals surface area contributed by atoms with Crippen molar-refractivity contribution >= 4 is 41.3 Å². The number of carbonyl (C=O) groups is 6. The van der Waals surface area contributed by atoms with Gasteiger partial charge >= 0.3 is 11.9 Å². The highest BCUT2D eigenvalue weighted by Crippen LogP contribution is 2.32. The first-order chi connectivity index (χ1) is 25.8. The number of benzene rings is 1. The predicted molar refractivity (Wildman–Crippen MR) is 184 cm³/mol. The van der Waals surface area contributed by atoms with Gasteiger partial charge < -0.3 is 48.3 Å². The molecule has 2 aliphatic heterocycles. The number of unbranched alkanes of at least 4 members (excludes halogenated alkanes) is 1. The van der Waals surface area contributed by atoms with Gasteiger partial charge in [-0.3, -0.25) is 39.0 Å².